The molecule has 4 nitrogen and oxygen atoms in total. The lowest BCUT2D eigenvalue weighted by Crippen LogP contribution is -2.33. The van der Waals surface area contributed by atoms with E-state index in [2.05, 4.69) is 51.1 Å². The van der Waals surface area contributed by atoms with E-state index in [0.29, 0.717) is 19.0 Å². The quantitative estimate of drug-likeness (QED) is 0.592. The van der Waals surface area contributed by atoms with Gasteiger partial charge in [-0.1, -0.05) is 48.8 Å². The first-order valence-electron chi connectivity index (χ1n) is 8.80. The van der Waals surface area contributed by atoms with Crippen molar-refractivity contribution in [2.45, 2.75) is 34.2 Å². The van der Waals surface area contributed by atoms with Crippen molar-refractivity contribution in [3.63, 3.8) is 0 Å². The van der Waals surface area contributed by atoms with Gasteiger partial charge in [-0.2, -0.15) is 0 Å². The van der Waals surface area contributed by atoms with Crippen LogP contribution in [-0.2, 0) is 6.54 Å². The smallest absolute Gasteiger partial charge is 0.264 e. The second-order valence-electron chi connectivity index (χ2n) is 7.06. The highest BCUT2D eigenvalue weighted by Gasteiger charge is 2.20. The Morgan fingerprint density at radius 2 is 2.04 bits per heavy atom. The molecule has 0 aliphatic heterocycles. The lowest BCUT2D eigenvalue weighted by atomic mass is 10.0. The Bertz CT molecular complexity index is 881. The first-order valence-corrected chi connectivity index (χ1v) is 9.68. The van der Waals surface area contributed by atoms with Gasteiger partial charge in [-0.25, -0.2) is 0 Å². The molecule has 0 bridgehead atoms. The molecule has 0 fully saturated rings. The number of thiophene rings is 1. The predicted octanol–water partition coefficient (Wildman–Crippen LogP) is 5.32. The molecule has 0 atom stereocenters. The average Bonchev–Trinajstić information content (AvgIpc) is 3.25. The number of aryl methyl sites for hydroxylation is 2. The highest BCUT2D eigenvalue weighted by Crippen LogP contribution is 2.26. The zero-order valence-corrected chi connectivity index (χ0v) is 16.5. The fourth-order valence-electron chi connectivity index (χ4n) is 3.01. The van der Waals surface area contributed by atoms with Crippen molar-refractivity contribution in [2.75, 3.05) is 6.54 Å². The molecule has 0 aliphatic carbocycles. The Balaban J connectivity index is 1.81. The maximum Gasteiger partial charge on any atom is 0.264 e. The van der Waals surface area contributed by atoms with Crippen LogP contribution in [0, 0.1) is 19.8 Å². The summed E-state index contributed by atoms with van der Waals surface area (Å²) >= 11 is 1.47. The minimum Gasteiger partial charge on any atom is -0.356 e. The third-order valence-electron chi connectivity index (χ3n) is 4.16. The molecule has 0 aliphatic rings. The standard InChI is InChI=1S/C21H24N2O2S/c1-14(2)12-23(21(24)20-6-5-9-26-20)13-17-11-19(25-22-17)18-8-7-15(3)10-16(18)4/h5-11,14H,12-13H2,1-4H3. The summed E-state index contributed by atoms with van der Waals surface area (Å²) in [4.78, 5) is 15.4. The highest BCUT2D eigenvalue weighted by molar-refractivity contribution is 7.12. The maximum atomic E-state index is 12.8. The number of rotatable bonds is 6. The molecule has 1 aromatic carbocycles. The van der Waals surface area contributed by atoms with Gasteiger partial charge in [0.25, 0.3) is 5.91 Å². The summed E-state index contributed by atoms with van der Waals surface area (Å²) in [6.07, 6.45) is 0. The first-order chi connectivity index (χ1) is 12.4. The molecule has 26 heavy (non-hydrogen) atoms. The zero-order valence-electron chi connectivity index (χ0n) is 15.7. The van der Waals surface area contributed by atoms with Gasteiger partial charge in [0.15, 0.2) is 5.76 Å². The molecular formula is C21H24N2O2S. The van der Waals surface area contributed by atoms with Crippen molar-refractivity contribution in [3.05, 3.63) is 63.5 Å². The monoisotopic (exact) mass is 368 g/mol. The molecule has 0 unspecified atom stereocenters. The van der Waals surface area contributed by atoms with Crippen LogP contribution >= 0.6 is 11.3 Å². The van der Waals surface area contributed by atoms with Gasteiger partial charge >= 0.3 is 0 Å². The molecule has 5 heteroatoms. The van der Waals surface area contributed by atoms with Crippen molar-refractivity contribution in [2.24, 2.45) is 5.92 Å². The number of amides is 1. The number of aromatic nitrogens is 1. The Labute approximate surface area is 158 Å². The molecular weight excluding hydrogens is 344 g/mol. The zero-order chi connectivity index (χ0) is 18.7. The molecule has 0 saturated carbocycles. The summed E-state index contributed by atoms with van der Waals surface area (Å²) in [5.41, 5.74) is 4.18. The number of hydrogen-bond acceptors (Lipinski definition) is 4. The fourth-order valence-corrected chi connectivity index (χ4v) is 3.71. The second kappa shape index (κ2) is 7.87. The SMILES string of the molecule is Cc1ccc(-c2cc(CN(CC(C)C)C(=O)c3cccs3)no2)c(C)c1. The molecule has 3 aromatic rings. The van der Waals surface area contributed by atoms with Crippen LogP contribution in [0.15, 0.2) is 46.3 Å². The van der Waals surface area contributed by atoms with Crippen molar-refractivity contribution >= 4 is 17.2 Å². The summed E-state index contributed by atoms with van der Waals surface area (Å²) in [5, 5.41) is 6.13. The summed E-state index contributed by atoms with van der Waals surface area (Å²) in [7, 11) is 0. The first kappa shape index (κ1) is 18.4. The second-order valence-corrected chi connectivity index (χ2v) is 8.01. The minimum atomic E-state index is 0.0461. The van der Waals surface area contributed by atoms with Crippen molar-refractivity contribution in [1.82, 2.24) is 10.1 Å². The summed E-state index contributed by atoms with van der Waals surface area (Å²) in [6, 6.07) is 12.0. The van der Waals surface area contributed by atoms with Crippen LogP contribution in [0.2, 0.25) is 0 Å². The van der Waals surface area contributed by atoms with E-state index in [9.17, 15) is 4.79 Å². The van der Waals surface area contributed by atoms with Crippen LogP contribution in [0.25, 0.3) is 11.3 Å². The summed E-state index contributed by atoms with van der Waals surface area (Å²) < 4.78 is 5.56. The minimum absolute atomic E-state index is 0.0461. The predicted molar refractivity (Wildman–Crippen MR) is 105 cm³/mol. The normalized spacial score (nSPS) is 11.1. The van der Waals surface area contributed by atoms with Crippen LogP contribution < -0.4 is 0 Å². The summed E-state index contributed by atoms with van der Waals surface area (Å²) in [6.45, 7) is 9.49. The van der Waals surface area contributed by atoms with E-state index in [1.165, 1.54) is 16.9 Å². The van der Waals surface area contributed by atoms with E-state index in [-0.39, 0.29) is 5.91 Å². The highest BCUT2D eigenvalue weighted by atomic mass is 32.1. The van der Waals surface area contributed by atoms with E-state index in [1.54, 1.807) is 0 Å². The molecule has 0 saturated heterocycles. The summed E-state index contributed by atoms with van der Waals surface area (Å²) in [5.74, 6) is 1.17. The molecule has 2 heterocycles. The number of hydrogen-bond donors (Lipinski definition) is 0. The number of benzene rings is 1. The number of carbonyl (C=O) groups excluding carboxylic acids is 1. The topological polar surface area (TPSA) is 46.3 Å². The van der Waals surface area contributed by atoms with Gasteiger partial charge in [-0.15, -0.1) is 11.3 Å². The van der Waals surface area contributed by atoms with Crippen molar-refractivity contribution in [3.8, 4) is 11.3 Å². The molecule has 0 N–H and O–H groups in total. The van der Waals surface area contributed by atoms with Gasteiger partial charge in [0, 0.05) is 18.2 Å². The van der Waals surface area contributed by atoms with Crippen molar-refractivity contribution < 1.29 is 9.32 Å². The lowest BCUT2D eigenvalue weighted by molar-refractivity contribution is 0.0723. The molecule has 1 amide bonds. The molecule has 0 radical (unpaired) electrons. The van der Waals surface area contributed by atoms with E-state index in [0.717, 1.165) is 27.5 Å². The number of carbonyl (C=O) groups is 1. The van der Waals surface area contributed by atoms with Crippen LogP contribution in [0.5, 0.6) is 0 Å². The Morgan fingerprint density at radius 3 is 2.69 bits per heavy atom. The van der Waals surface area contributed by atoms with E-state index >= 15 is 0 Å². The third kappa shape index (κ3) is 4.22. The van der Waals surface area contributed by atoms with Crippen molar-refractivity contribution in [1.29, 1.82) is 0 Å². The van der Waals surface area contributed by atoms with Gasteiger partial charge in [0.2, 0.25) is 0 Å². The molecule has 0 spiro atoms. The van der Waals surface area contributed by atoms with Crippen LogP contribution in [-0.4, -0.2) is 22.5 Å². The Morgan fingerprint density at radius 1 is 1.23 bits per heavy atom. The van der Waals surface area contributed by atoms with Crippen LogP contribution in [0.4, 0.5) is 0 Å². The molecule has 3 rings (SSSR count). The van der Waals surface area contributed by atoms with Gasteiger partial charge < -0.3 is 9.42 Å². The van der Waals surface area contributed by atoms with E-state index < -0.39 is 0 Å². The average molecular weight is 369 g/mol. The van der Waals surface area contributed by atoms with Crippen LogP contribution in [0.3, 0.4) is 0 Å². The Kier molecular flexibility index (Phi) is 5.57. The van der Waals surface area contributed by atoms with E-state index in [4.69, 9.17) is 4.52 Å². The largest absolute Gasteiger partial charge is 0.356 e. The van der Waals surface area contributed by atoms with Gasteiger partial charge in [-0.3, -0.25) is 4.79 Å². The third-order valence-corrected chi connectivity index (χ3v) is 5.02. The van der Waals surface area contributed by atoms with Crippen LogP contribution in [0.1, 0.15) is 40.3 Å². The fraction of sp³-hybridized carbons (Fsp3) is 0.333. The van der Waals surface area contributed by atoms with Gasteiger partial charge in [0.05, 0.1) is 11.4 Å². The Hall–Kier alpha value is -2.40. The maximum absolute atomic E-state index is 12.8. The molecule has 136 valence electrons. The lowest BCUT2D eigenvalue weighted by Gasteiger charge is -2.23. The van der Waals surface area contributed by atoms with E-state index in [1.807, 2.05) is 28.5 Å². The van der Waals surface area contributed by atoms with Gasteiger partial charge in [-0.05, 0) is 36.8 Å². The number of nitrogens with zero attached hydrogens (tertiary/aromatic N) is 2. The van der Waals surface area contributed by atoms with Gasteiger partial charge in [0.1, 0.15) is 5.69 Å². The molecule has 2 aromatic heterocycles.